The van der Waals surface area contributed by atoms with Gasteiger partial charge in [-0.05, 0) is 17.9 Å². The lowest BCUT2D eigenvalue weighted by Crippen LogP contribution is -2.11. The summed E-state index contributed by atoms with van der Waals surface area (Å²) < 4.78 is 5.36. The van der Waals surface area contributed by atoms with Crippen LogP contribution in [0.3, 0.4) is 0 Å². The Morgan fingerprint density at radius 1 is 1.38 bits per heavy atom. The molecule has 2 atom stereocenters. The lowest BCUT2D eigenvalue weighted by atomic mass is 9.92. The monoisotopic (exact) mass is 223 g/mol. The Bertz CT molecular complexity index is 353. The van der Waals surface area contributed by atoms with Crippen LogP contribution in [0.2, 0.25) is 0 Å². The fourth-order valence-electron chi connectivity index (χ4n) is 2.10. The average molecular weight is 223 g/mol. The van der Waals surface area contributed by atoms with Gasteiger partial charge in [-0.1, -0.05) is 32.9 Å². The molecule has 1 N–H and O–H groups in total. The van der Waals surface area contributed by atoms with Crippen LogP contribution in [-0.4, -0.2) is 23.2 Å². The molecule has 0 spiro atoms. The van der Waals surface area contributed by atoms with Crippen molar-refractivity contribution in [3.63, 3.8) is 0 Å². The van der Waals surface area contributed by atoms with E-state index in [1.807, 2.05) is 0 Å². The van der Waals surface area contributed by atoms with Crippen molar-refractivity contribution >= 4 is 0 Å². The van der Waals surface area contributed by atoms with Gasteiger partial charge in [0.2, 0.25) is 5.89 Å². The van der Waals surface area contributed by atoms with Gasteiger partial charge in [-0.2, -0.15) is 4.98 Å². The highest BCUT2D eigenvalue weighted by atomic mass is 16.5. The minimum absolute atomic E-state index is 0.209. The van der Waals surface area contributed by atoms with Crippen molar-refractivity contribution < 1.29 is 4.52 Å². The minimum Gasteiger partial charge on any atom is -0.339 e. The standard InChI is InChI=1S/C12H21N3O/c1-8-6-13-7-9(8)11-14-10(15-16-11)5-12(2,3)4/h8-9,13H,5-7H2,1-4H3/t8-,9-/m1/s1. The molecule has 0 bridgehead atoms. The minimum atomic E-state index is 0.209. The van der Waals surface area contributed by atoms with Crippen LogP contribution in [0.1, 0.15) is 45.3 Å². The van der Waals surface area contributed by atoms with Gasteiger partial charge >= 0.3 is 0 Å². The smallest absolute Gasteiger partial charge is 0.231 e. The molecule has 0 aliphatic carbocycles. The normalized spacial score (nSPS) is 26.2. The summed E-state index contributed by atoms with van der Waals surface area (Å²) in [5.74, 6) is 2.61. The zero-order valence-corrected chi connectivity index (χ0v) is 10.6. The molecular formula is C12H21N3O. The Morgan fingerprint density at radius 2 is 2.12 bits per heavy atom. The molecule has 1 aliphatic heterocycles. The molecule has 4 nitrogen and oxygen atoms in total. The molecule has 1 aliphatic rings. The number of nitrogens with zero attached hydrogens (tertiary/aromatic N) is 2. The van der Waals surface area contributed by atoms with Crippen LogP contribution < -0.4 is 5.32 Å². The highest BCUT2D eigenvalue weighted by Crippen LogP contribution is 2.27. The molecule has 0 aromatic carbocycles. The summed E-state index contributed by atoms with van der Waals surface area (Å²) in [4.78, 5) is 4.51. The molecule has 1 aromatic rings. The van der Waals surface area contributed by atoms with Crippen molar-refractivity contribution in [2.75, 3.05) is 13.1 Å². The maximum absolute atomic E-state index is 5.36. The fourth-order valence-corrected chi connectivity index (χ4v) is 2.10. The van der Waals surface area contributed by atoms with Gasteiger partial charge < -0.3 is 9.84 Å². The van der Waals surface area contributed by atoms with E-state index < -0.39 is 0 Å². The van der Waals surface area contributed by atoms with Crippen molar-refractivity contribution in [3.8, 4) is 0 Å². The number of rotatable bonds is 2. The highest BCUT2D eigenvalue weighted by Gasteiger charge is 2.29. The first-order valence-corrected chi connectivity index (χ1v) is 5.99. The number of aromatic nitrogens is 2. The van der Waals surface area contributed by atoms with Gasteiger partial charge in [-0.25, -0.2) is 0 Å². The van der Waals surface area contributed by atoms with E-state index in [1.165, 1.54) is 0 Å². The van der Waals surface area contributed by atoms with Gasteiger partial charge in [0.15, 0.2) is 5.82 Å². The molecule has 0 radical (unpaired) electrons. The highest BCUT2D eigenvalue weighted by molar-refractivity contribution is 5.01. The van der Waals surface area contributed by atoms with Crippen molar-refractivity contribution in [1.29, 1.82) is 0 Å². The third kappa shape index (κ3) is 2.61. The molecule has 1 saturated heterocycles. The third-order valence-corrected chi connectivity index (χ3v) is 3.01. The summed E-state index contributed by atoms with van der Waals surface area (Å²) in [6, 6.07) is 0. The van der Waals surface area contributed by atoms with Crippen LogP contribution in [-0.2, 0) is 6.42 Å². The Balaban J connectivity index is 2.07. The van der Waals surface area contributed by atoms with Gasteiger partial charge in [0.1, 0.15) is 0 Å². The predicted octanol–water partition coefficient (Wildman–Crippen LogP) is 1.98. The molecule has 0 saturated carbocycles. The molecule has 1 fully saturated rings. The van der Waals surface area contributed by atoms with Gasteiger partial charge in [0, 0.05) is 13.0 Å². The molecule has 2 rings (SSSR count). The molecule has 4 heteroatoms. The lowest BCUT2D eigenvalue weighted by molar-refractivity contribution is 0.329. The summed E-state index contributed by atoms with van der Waals surface area (Å²) in [6.45, 7) is 10.8. The Hall–Kier alpha value is -0.900. The summed E-state index contributed by atoms with van der Waals surface area (Å²) in [5.41, 5.74) is 0.209. The van der Waals surface area contributed by atoms with Crippen molar-refractivity contribution in [2.45, 2.75) is 40.0 Å². The topological polar surface area (TPSA) is 51.0 Å². The Labute approximate surface area is 96.8 Å². The van der Waals surface area contributed by atoms with Crippen LogP contribution in [0.15, 0.2) is 4.52 Å². The van der Waals surface area contributed by atoms with Gasteiger partial charge in [0.05, 0.1) is 5.92 Å². The second-order valence-corrected chi connectivity index (χ2v) is 6.03. The third-order valence-electron chi connectivity index (χ3n) is 3.01. The van der Waals surface area contributed by atoms with Crippen molar-refractivity contribution in [2.24, 2.45) is 11.3 Å². The predicted molar refractivity (Wildman–Crippen MR) is 62.2 cm³/mol. The largest absolute Gasteiger partial charge is 0.339 e. The second-order valence-electron chi connectivity index (χ2n) is 6.03. The van der Waals surface area contributed by atoms with Crippen LogP contribution in [0.25, 0.3) is 0 Å². The van der Waals surface area contributed by atoms with Gasteiger partial charge in [-0.3, -0.25) is 0 Å². The molecule has 2 heterocycles. The first kappa shape index (κ1) is 11.6. The molecule has 0 amide bonds. The summed E-state index contributed by atoms with van der Waals surface area (Å²) >= 11 is 0. The van der Waals surface area contributed by atoms with E-state index in [2.05, 4.69) is 43.2 Å². The molecule has 16 heavy (non-hydrogen) atoms. The van der Waals surface area contributed by atoms with Crippen molar-refractivity contribution in [3.05, 3.63) is 11.7 Å². The molecular weight excluding hydrogens is 202 g/mol. The van der Waals surface area contributed by atoms with Crippen LogP contribution in [0.5, 0.6) is 0 Å². The van der Waals surface area contributed by atoms with E-state index in [0.29, 0.717) is 11.8 Å². The Morgan fingerprint density at radius 3 is 2.69 bits per heavy atom. The molecule has 90 valence electrons. The van der Waals surface area contributed by atoms with Crippen LogP contribution >= 0.6 is 0 Å². The van der Waals surface area contributed by atoms with E-state index in [-0.39, 0.29) is 5.41 Å². The zero-order valence-electron chi connectivity index (χ0n) is 10.6. The first-order chi connectivity index (χ1) is 7.46. The molecule has 1 aromatic heterocycles. The summed E-state index contributed by atoms with van der Waals surface area (Å²) in [5, 5.41) is 7.42. The number of hydrogen-bond acceptors (Lipinski definition) is 4. The van der Waals surface area contributed by atoms with Gasteiger partial charge in [-0.15, -0.1) is 0 Å². The van der Waals surface area contributed by atoms with Crippen molar-refractivity contribution in [1.82, 2.24) is 15.5 Å². The van der Waals surface area contributed by atoms with Crippen LogP contribution in [0, 0.1) is 11.3 Å². The maximum Gasteiger partial charge on any atom is 0.231 e. The lowest BCUT2D eigenvalue weighted by Gasteiger charge is -2.14. The zero-order chi connectivity index (χ0) is 11.8. The molecule has 0 unspecified atom stereocenters. The van der Waals surface area contributed by atoms with E-state index in [1.54, 1.807) is 0 Å². The average Bonchev–Trinajstić information content (AvgIpc) is 2.71. The fraction of sp³-hybridized carbons (Fsp3) is 0.833. The van der Waals surface area contributed by atoms with E-state index in [4.69, 9.17) is 4.52 Å². The first-order valence-electron chi connectivity index (χ1n) is 5.99. The van der Waals surface area contributed by atoms with E-state index >= 15 is 0 Å². The number of hydrogen-bond donors (Lipinski definition) is 1. The summed E-state index contributed by atoms with van der Waals surface area (Å²) in [7, 11) is 0. The summed E-state index contributed by atoms with van der Waals surface area (Å²) in [6.07, 6.45) is 0.866. The second kappa shape index (κ2) is 4.17. The van der Waals surface area contributed by atoms with Crippen LogP contribution in [0.4, 0.5) is 0 Å². The van der Waals surface area contributed by atoms with E-state index in [9.17, 15) is 0 Å². The van der Waals surface area contributed by atoms with E-state index in [0.717, 1.165) is 31.2 Å². The Kier molecular flexibility index (Phi) is 3.02. The quantitative estimate of drug-likeness (QED) is 0.833. The van der Waals surface area contributed by atoms with Gasteiger partial charge in [0.25, 0.3) is 0 Å². The maximum atomic E-state index is 5.36. The SMILES string of the molecule is C[C@@H]1CNC[C@H]1c1nc(CC(C)(C)C)no1. The number of nitrogens with one attached hydrogen (secondary N) is 1.